The molecular formula is C16H14N2O. The second-order valence-electron chi connectivity index (χ2n) is 4.71. The fourth-order valence-corrected chi connectivity index (χ4v) is 2.14. The first-order valence-corrected chi connectivity index (χ1v) is 6.33. The van der Waals surface area contributed by atoms with Crippen LogP contribution in [0.1, 0.15) is 34.9 Å². The number of nitrogens with zero attached hydrogens (tertiary/aromatic N) is 1. The van der Waals surface area contributed by atoms with Crippen molar-refractivity contribution in [1.29, 1.82) is 0 Å². The largest absolute Gasteiger partial charge is 0.340 e. The van der Waals surface area contributed by atoms with Crippen LogP contribution in [0.15, 0.2) is 42.6 Å². The Balaban J connectivity index is 1.80. The Labute approximate surface area is 112 Å². The standard InChI is InChI=1S/C16H14N2O/c1-2-12-5-3-6-13(11-12)17-16(19)15-7-4-10-18(15)14-8-9-14/h1,3-7,10-11,14H,8-9H2,(H,17,19). The van der Waals surface area contributed by atoms with Gasteiger partial charge in [-0.1, -0.05) is 12.0 Å². The normalized spacial score (nSPS) is 13.8. The first kappa shape index (κ1) is 11.6. The number of carbonyl (C=O) groups excluding carboxylic acids is 1. The van der Waals surface area contributed by atoms with E-state index in [4.69, 9.17) is 6.42 Å². The van der Waals surface area contributed by atoms with Crippen molar-refractivity contribution >= 4 is 11.6 Å². The molecule has 0 unspecified atom stereocenters. The summed E-state index contributed by atoms with van der Waals surface area (Å²) < 4.78 is 2.04. The van der Waals surface area contributed by atoms with Crippen molar-refractivity contribution in [2.75, 3.05) is 5.32 Å². The molecule has 2 aromatic rings. The maximum absolute atomic E-state index is 12.2. The molecule has 19 heavy (non-hydrogen) atoms. The Bertz CT molecular complexity index is 659. The summed E-state index contributed by atoms with van der Waals surface area (Å²) in [6.45, 7) is 0. The molecule has 1 fully saturated rings. The predicted molar refractivity (Wildman–Crippen MR) is 75.0 cm³/mol. The lowest BCUT2D eigenvalue weighted by Gasteiger charge is -2.09. The van der Waals surface area contributed by atoms with Crippen LogP contribution in [0.2, 0.25) is 0 Å². The smallest absolute Gasteiger partial charge is 0.272 e. The van der Waals surface area contributed by atoms with Gasteiger partial charge in [0.15, 0.2) is 0 Å². The number of benzene rings is 1. The maximum Gasteiger partial charge on any atom is 0.272 e. The summed E-state index contributed by atoms with van der Waals surface area (Å²) in [6.07, 6.45) is 9.62. The van der Waals surface area contributed by atoms with E-state index >= 15 is 0 Å². The number of rotatable bonds is 3. The lowest BCUT2D eigenvalue weighted by Crippen LogP contribution is -2.16. The van der Waals surface area contributed by atoms with E-state index in [1.807, 2.05) is 41.1 Å². The number of hydrogen-bond acceptors (Lipinski definition) is 1. The lowest BCUT2D eigenvalue weighted by molar-refractivity contribution is 0.101. The third-order valence-electron chi connectivity index (χ3n) is 3.24. The minimum absolute atomic E-state index is 0.0916. The molecule has 3 nitrogen and oxygen atoms in total. The number of carbonyl (C=O) groups is 1. The third-order valence-corrected chi connectivity index (χ3v) is 3.24. The van der Waals surface area contributed by atoms with Crippen LogP contribution in [0.5, 0.6) is 0 Å². The predicted octanol–water partition coefficient (Wildman–Crippen LogP) is 3.06. The molecule has 0 aliphatic heterocycles. The minimum atomic E-state index is -0.0916. The molecule has 0 saturated heterocycles. The molecule has 1 saturated carbocycles. The van der Waals surface area contributed by atoms with Crippen LogP contribution in [0, 0.1) is 12.3 Å². The summed E-state index contributed by atoms with van der Waals surface area (Å²) in [6, 6.07) is 11.6. The van der Waals surface area contributed by atoms with Gasteiger partial charge in [-0.3, -0.25) is 4.79 Å². The molecule has 0 atom stereocenters. The average molecular weight is 250 g/mol. The molecule has 3 heteroatoms. The quantitative estimate of drug-likeness (QED) is 0.835. The highest BCUT2D eigenvalue weighted by Gasteiger charge is 2.26. The van der Waals surface area contributed by atoms with Crippen LogP contribution >= 0.6 is 0 Å². The van der Waals surface area contributed by atoms with E-state index in [1.54, 1.807) is 6.07 Å². The van der Waals surface area contributed by atoms with Gasteiger partial charge >= 0.3 is 0 Å². The van der Waals surface area contributed by atoms with Crippen molar-refractivity contribution in [2.24, 2.45) is 0 Å². The highest BCUT2D eigenvalue weighted by atomic mass is 16.1. The van der Waals surface area contributed by atoms with Crippen LogP contribution in [0.4, 0.5) is 5.69 Å². The molecule has 1 aromatic carbocycles. The number of nitrogens with one attached hydrogen (secondary N) is 1. The van der Waals surface area contributed by atoms with Crippen molar-refractivity contribution in [1.82, 2.24) is 4.57 Å². The zero-order valence-corrected chi connectivity index (χ0v) is 10.5. The van der Waals surface area contributed by atoms with Crippen molar-refractivity contribution in [3.8, 4) is 12.3 Å². The van der Waals surface area contributed by atoms with E-state index in [0.29, 0.717) is 11.7 Å². The molecule has 1 aromatic heterocycles. The number of anilines is 1. The van der Waals surface area contributed by atoms with Crippen molar-refractivity contribution < 1.29 is 4.79 Å². The topological polar surface area (TPSA) is 34.0 Å². The summed E-state index contributed by atoms with van der Waals surface area (Å²) in [4.78, 5) is 12.2. The zero-order valence-electron chi connectivity index (χ0n) is 10.5. The van der Waals surface area contributed by atoms with Crippen LogP contribution in [0.3, 0.4) is 0 Å². The van der Waals surface area contributed by atoms with Gasteiger partial charge in [0.05, 0.1) is 0 Å². The van der Waals surface area contributed by atoms with E-state index < -0.39 is 0 Å². The van der Waals surface area contributed by atoms with Gasteiger partial charge < -0.3 is 9.88 Å². The van der Waals surface area contributed by atoms with Crippen molar-refractivity contribution in [3.63, 3.8) is 0 Å². The van der Waals surface area contributed by atoms with E-state index in [2.05, 4.69) is 11.2 Å². The lowest BCUT2D eigenvalue weighted by atomic mass is 10.2. The van der Waals surface area contributed by atoms with Gasteiger partial charge in [0.25, 0.3) is 5.91 Å². The molecule has 0 spiro atoms. The minimum Gasteiger partial charge on any atom is -0.340 e. The van der Waals surface area contributed by atoms with Crippen molar-refractivity contribution in [3.05, 3.63) is 53.9 Å². The van der Waals surface area contributed by atoms with E-state index in [1.165, 1.54) is 0 Å². The molecule has 1 amide bonds. The van der Waals surface area contributed by atoms with Crippen LogP contribution in [-0.2, 0) is 0 Å². The van der Waals surface area contributed by atoms with Gasteiger partial charge in [-0.05, 0) is 43.2 Å². The van der Waals surface area contributed by atoms with Crippen LogP contribution in [-0.4, -0.2) is 10.5 Å². The molecule has 1 N–H and O–H groups in total. The van der Waals surface area contributed by atoms with Crippen molar-refractivity contribution in [2.45, 2.75) is 18.9 Å². The maximum atomic E-state index is 12.2. The fourth-order valence-electron chi connectivity index (χ4n) is 2.14. The van der Waals surface area contributed by atoms with Gasteiger partial charge in [-0.2, -0.15) is 0 Å². The number of aromatic nitrogens is 1. The first-order chi connectivity index (χ1) is 9.28. The van der Waals surface area contributed by atoms with E-state index in [9.17, 15) is 4.79 Å². The molecule has 0 bridgehead atoms. The monoisotopic (exact) mass is 250 g/mol. The molecule has 1 heterocycles. The highest BCUT2D eigenvalue weighted by molar-refractivity contribution is 6.03. The molecule has 3 rings (SSSR count). The van der Waals surface area contributed by atoms with E-state index in [0.717, 1.165) is 24.1 Å². The Morgan fingerprint density at radius 2 is 2.16 bits per heavy atom. The second kappa shape index (κ2) is 4.66. The van der Waals surface area contributed by atoms with E-state index in [-0.39, 0.29) is 5.91 Å². The van der Waals surface area contributed by atoms with Gasteiger partial charge in [-0.25, -0.2) is 0 Å². The molecule has 0 radical (unpaired) electrons. The van der Waals surface area contributed by atoms with Crippen LogP contribution in [0.25, 0.3) is 0 Å². The average Bonchev–Trinajstić information content (AvgIpc) is 3.16. The summed E-state index contributed by atoms with van der Waals surface area (Å²) in [5.41, 5.74) is 2.19. The zero-order chi connectivity index (χ0) is 13.2. The molecule has 1 aliphatic carbocycles. The molecule has 1 aliphatic rings. The molecule has 94 valence electrons. The SMILES string of the molecule is C#Cc1cccc(NC(=O)c2cccn2C2CC2)c1. The highest BCUT2D eigenvalue weighted by Crippen LogP contribution is 2.36. The Hall–Kier alpha value is -2.47. The van der Waals surface area contributed by atoms with Gasteiger partial charge in [0.1, 0.15) is 5.69 Å². The number of hydrogen-bond donors (Lipinski definition) is 1. The number of terminal acetylenes is 1. The molecular weight excluding hydrogens is 236 g/mol. The third kappa shape index (κ3) is 2.38. The van der Waals surface area contributed by atoms with Gasteiger partial charge in [0, 0.05) is 23.5 Å². The second-order valence-corrected chi connectivity index (χ2v) is 4.71. The Kier molecular flexibility index (Phi) is 2.85. The van der Waals surface area contributed by atoms with Gasteiger partial charge in [0.2, 0.25) is 0 Å². The Morgan fingerprint density at radius 3 is 2.89 bits per heavy atom. The summed E-state index contributed by atoms with van der Waals surface area (Å²) in [5.74, 6) is 2.47. The summed E-state index contributed by atoms with van der Waals surface area (Å²) in [5, 5.41) is 2.89. The van der Waals surface area contributed by atoms with Crippen LogP contribution < -0.4 is 5.32 Å². The summed E-state index contributed by atoms with van der Waals surface area (Å²) >= 11 is 0. The van der Waals surface area contributed by atoms with Gasteiger partial charge in [-0.15, -0.1) is 6.42 Å². The Morgan fingerprint density at radius 1 is 1.32 bits per heavy atom. The fraction of sp³-hybridized carbons (Fsp3) is 0.188. The number of amides is 1. The summed E-state index contributed by atoms with van der Waals surface area (Å²) in [7, 11) is 0. The first-order valence-electron chi connectivity index (χ1n) is 6.33.